The Morgan fingerprint density at radius 2 is 2.00 bits per heavy atom. The quantitative estimate of drug-likeness (QED) is 0.784. The molecule has 3 rings (SSSR count). The lowest BCUT2D eigenvalue weighted by Gasteiger charge is -2.33. The number of urea groups is 1. The summed E-state index contributed by atoms with van der Waals surface area (Å²) in [6.07, 6.45) is 0. The average molecular weight is 345 g/mol. The van der Waals surface area contributed by atoms with Crippen molar-refractivity contribution in [1.82, 2.24) is 15.5 Å². The van der Waals surface area contributed by atoms with Crippen LogP contribution in [0.15, 0.2) is 41.6 Å². The van der Waals surface area contributed by atoms with Crippen molar-refractivity contribution in [2.24, 2.45) is 0 Å². The van der Waals surface area contributed by atoms with Crippen molar-refractivity contribution in [3.8, 4) is 0 Å². The first-order valence-corrected chi connectivity index (χ1v) is 8.51. The van der Waals surface area contributed by atoms with Crippen molar-refractivity contribution in [2.45, 2.75) is 13.0 Å². The molecule has 1 fully saturated rings. The van der Waals surface area contributed by atoms with Gasteiger partial charge in [0.15, 0.2) is 0 Å². The van der Waals surface area contributed by atoms with Gasteiger partial charge in [-0.1, -0.05) is 30.3 Å². The zero-order valence-corrected chi connectivity index (χ0v) is 14.3. The minimum absolute atomic E-state index is 0.280. The molecule has 0 bridgehead atoms. The highest BCUT2D eigenvalue weighted by molar-refractivity contribution is 5.95. The van der Waals surface area contributed by atoms with E-state index in [4.69, 9.17) is 9.47 Å². The zero-order chi connectivity index (χ0) is 17.6. The number of hydrogen-bond acceptors (Lipinski definition) is 5. The standard InChI is InChI=1S/C18H23N3O4/c1-2-25-17(22)15-14(12-21-8-10-24-11-9-21)19-18(23)20-16(15)13-6-4-3-5-7-13/h3-7,16H,2,8-12H2,1H3,(H2,19,20,23)/t16-/m0/s1. The number of esters is 1. The van der Waals surface area contributed by atoms with E-state index >= 15 is 0 Å². The smallest absolute Gasteiger partial charge is 0.338 e. The number of nitrogens with one attached hydrogen (secondary N) is 2. The molecule has 1 aromatic carbocycles. The van der Waals surface area contributed by atoms with Crippen LogP contribution in [0.5, 0.6) is 0 Å². The second kappa shape index (κ2) is 8.13. The summed E-state index contributed by atoms with van der Waals surface area (Å²) in [4.78, 5) is 27.0. The molecular formula is C18H23N3O4. The predicted molar refractivity (Wildman–Crippen MR) is 91.8 cm³/mol. The van der Waals surface area contributed by atoms with Gasteiger partial charge in [0.2, 0.25) is 0 Å². The van der Waals surface area contributed by atoms with Crippen LogP contribution in [-0.4, -0.2) is 56.4 Å². The molecule has 0 unspecified atom stereocenters. The van der Waals surface area contributed by atoms with Crippen LogP contribution in [0.3, 0.4) is 0 Å². The normalized spacial score (nSPS) is 21.5. The molecule has 0 saturated carbocycles. The van der Waals surface area contributed by atoms with Gasteiger partial charge in [0.1, 0.15) is 0 Å². The maximum atomic E-state index is 12.6. The van der Waals surface area contributed by atoms with Crippen molar-refractivity contribution in [3.05, 3.63) is 47.2 Å². The van der Waals surface area contributed by atoms with Crippen LogP contribution >= 0.6 is 0 Å². The van der Waals surface area contributed by atoms with Gasteiger partial charge < -0.3 is 20.1 Å². The molecule has 2 amide bonds. The molecule has 0 aliphatic carbocycles. The van der Waals surface area contributed by atoms with Crippen LogP contribution in [0.25, 0.3) is 0 Å². The maximum absolute atomic E-state index is 12.6. The summed E-state index contributed by atoms with van der Waals surface area (Å²) in [6, 6.07) is 8.61. The molecule has 0 radical (unpaired) electrons. The molecule has 1 aromatic rings. The van der Waals surface area contributed by atoms with E-state index in [0.29, 0.717) is 31.0 Å². The molecule has 7 nitrogen and oxygen atoms in total. The van der Waals surface area contributed by atoms with Crippen molar-refractivity contribution in [1.29, 1.82) is 0 Å². The molecule has 0 aromatic heterocycles. The highest BCUT2D eigenvalue weighted by Crippen LogP contribution is 2.28. The van der Waals surface area contributed by atoms with Gasteiger partial charge >= 0.3 is 12.0 Å². The van der Waals surface area contributed by atoms with Gasteiger partial charge in [-0.25, -0.2) is 9.59 Å². The Bertz CT molecular complexity index is 654. The van der Waals surface area contributed by atoms with Gasteiger partial charge in [0.25, 0.3) is 0 Å². The fourth-order valence-corrected chi connectivity index (χ4v) is 3.07. The number of morpholine rings is 1. The SMILES string of the molecule is CCOC(=O)C1=C(CN2CCOCC2)NC(=O)N[C@H]1c1ccccc1. The summed E-state index contributed by atoms with van der Waals surface area (Å²) in [5, 5.41) is 5.64. The third-order valence-electron chi connectivity index (χ3n) is 4.27. The molecule has 2 aliphatic rings. The van der Waals surface area contributed by atoms with E-state index in [1.807, 2.05) is 30.3 Å². The first-order valence-electron chi connectivity index (χ1n) is 8.51. The van der Waals surface area contributed by atoms with E-state index in [1.54, 1.807) is 6.92 Å². The molecule has 1 saturated heterocycles. The van der Waals surface area contributed by atoms with E-state index < -0.39 is 12.0 Å². The molecule has 134 valence electrons. The summed E-state index contributed by atoms with van der Waals surface area (Å²) < 4.78 is 10.6. The number of carbonyl (C=O) groups excluding carboxylic acids is 2. The van der Waals surface area contributed by atoms with Gasteiger partial charge in [-0.15, -0.1) is 0 Å². The second-order valence-corrected chi connectivity index (χ2v) is 5.94. The largest absolute Gasteiger partial charge is 0.463 e. The number of carbonyl (C=O) groups is 2. The number of rotatable bonds is 5. The van der Waals surface area contributed by atoms with Crippen LogP contribution < -0.4 is 10.6 Å². The van der Waals surface area contributed by atoms with Gasteiger partial charge in [-0.2, -0.15) is 0 Å². The Kier molecular flexibility index (Phi) is 5.67. The van der Waals surface area contributed by atoms with E-state index in [2.05, 4.69) is 15.5 Å². The van der Waals surface area contributed by atoms with E-state index in [9.17, 15) is 9.59 Å². The third-order valence-corrected chi connectivity index (χ3v) is 4.27. The topological polar surface area (TPSA) is 79.9 Å². The number of benzene rings is 1. The van der Waals surface area contributed by atoms with E-state index in [0.717, 1.165) is 18.7 Å². The molecule has 2 N–H and O–H groups in total. The van der Waals surface area contributed by atoms with Gasteiger partial charge in [0, 0.05) is 25.3 Å². The van der Waals surface area contributed by atoms with E-state index in [1.165, 1.54) is 0 Å². The molecule has 2 heterocycles. The highest BCUT2D eigenvalue weighted by Gasteiger charge is 2.34. The highest BCUT2D eigenvalue weighted by atomic mass is 16.5. The maximum Gasteiger partial charge on any atom is 0.338 e. The average Bonchev–Trinajstić information content (AvgIpc) is 2.63. The third kappa shape index (κ3) is 4.18. The van der Waals surface area contributed by atoms with Crippen LogP contribution in [-0.2, 0) is 14.3 Å². The summed E-state index contributed by atoms with van der Waals surface area (Å²) >= 11 is 0. The summed E-state index contributed by atoms with van der Waals surface area (Å²) in [6.45, 7) is 5.35. The summed E-state index contributed by atoms with van der Waals surface area (Å²) in [7, 11) is 0. The molecule has 0 spiro atoms. The number of ether oxygens (including phenoxy) is 2. The lowest BCUT2D eigenvalue weighted by atomic mass is 9.95. The minimum Gasteiger partial charge on any atom is -0.463 e. The number of nitrogens with zero attached hydrogens (tertiary/aromatic N) is 1. The summed E-state index contributed by atoms with van der Waals surface area (Å²) in [5.74, 6) is -0.410. The Morgan fingerprint density at radius 1 is 1.28 bits per heavy atom. The fraction of sp³-hybridized carbons (Fsp3) is 0.444. The van der Waals surface area contributed by atoms with Crippen LogP contribution in [0.4, 0.5) is 4.79 Å². The zero-order valence-electron chi connectivity index (χ0n) is 14.3. The molecular weight excluding hydrogens is 322 g/mol. The Balaban J connectivity index is 1.96. The first kappa shape index (κ1) is 17.4. The molecule has 25 heavy (non-hydrogen) atoms. The van der Waals surface area contributed by atoms with Crippen LogP contribution in [0.1, 0.15) is 18.5 Å². The monoisotopic (exact) mass is 345 g/mol. The Hall–Kier alpha value is -2.38. The molecule has 7 heteroatoms. The Labute approximate surface area is 147 Å². The fourth-order valence-electron chi connectivity index (χ4n) is 3.07. The van der Waals surface area contributed by atoms with Crippen molar-refractivity contribution >= 4 is 12.0 Å². The first-order chi connectivity index (χ1) is 12.2. The number of amides is 2. The number of hydrogen-bond donors (Lipinski definition) is 2. The predicted octanol–water partition coefficient (Wildman–Crippen LogP) is 1.19. The van der Waals surface area contributed by atoms with Crippen molar-refractivity contribution in [3.63, 3.8) is 0 Å². The van der Waals surface area contributed by atoms with Gasteiger partial charge in [-0.05, 0) is 12.5 Å². The lowest BCUT2D eigenvalue weighted by molar-refractivity contribution is -0.139. The second-order valence-electron chi connectivity index (χ2n) is 5.94. The Morgan fingerprint density at radius 3 is 2.68 bits per heavy atom. The molecule has 2 aliphatic heterocycles. The van der Waals surface area contributed by atoms with Crippen molar-refractivity contribution < 1.29 is 19.1 Å². The lowest BCUT2D eigenvalue weighted by Crippen LogP contribution is -2.49. The van der Waals surface area contributed by atoms with Crippen LogP contribution in [0, 0.1) is 0 Å². The van der Waals surface area contributed by atoms with Gasteiger partial charge in [0.05, 0.1) is 31.4 Å². The molecule has 1 atom stereocenters. The minimum atomic E-state index is -0.523. The van der Waals surface area contributed by atoms with Crippen LogP contribution in [0.2, 0.25) is 0 Å². The van der Waals surface area contributed by atoms with E-state index in [-0.39, 0.29) is 12.6 Å². The summed E-state index contributed by atoms with van der Waals surface area (Å²) in [5.41, 5.74) is 1.90. The van der Waals surface area contributed by atoms with Gasteiger partial charge in [-0.3, -0.25) is 4.90 Å². The van der Waals surface area contributed by atoms with Crippen molar-refractivity contribution in [2.75, 3.05) is 39.5 Å².